The van der Waals surface area contributed by atoms with Crippen LogP contribution in [-0.4, -0.2) is 122 Å². The van der Waals surface area contributed by atoms with E-state index < -0.39 is 76.0 Å². The van der Waals surface area contributed by atoms with Gasteiger partial charge in [-0.05, 0) is 103 Å². The predicted molar refractivity (Wildman–Crippen MR) is 204 cm³/mol. The fraction of sp³-hybridized carbons (Fsp3) is 0.632. The molecule has 16 nitrogen and oxygen atoms in total. The SMILES string of the molecule is COC(=O)[C@H]1C[C@@H](C)CCN1C(=O)[C@H](CC1=CCCN(C(=NC(=O)OC(C)(C)C)NC(=O)OC(C)(C)C)C1)NS(=O)(=O)c1ccc2c(c1)CN(C(=O)C(F)(F)F)CC2. The molecule has 1 aromatic carbocycles. The molecule has 1 fully saturated rings. The Bertz CT molecular complexity index is 1920. The zero-order valence-electron chi connectivity index (χ0n) is 34.0. The van der Waals surface area contributed by atoms with E-state index in [0.717, 1.165) is 0 Å². The van der Waals surface area contributed by atoms with Gasteiger partial charge in [-0.1, -0.05) is 24.6 Å². The standard InChI is InChI=1S/C38H53F3N6O10S/c1-23-13-17-47(29(18-23)31(49)55-8)30(48)28(44-58(53,54)27-12-11-25-14-16-45(22-26(25)20-27)32(50)38(39,40)41)19-24-10-9-15-46(21-24)33(42-34(51)56-36(2,3)4)43-35(52)57-37(5,6)7/h10-12,20,23,28-29,44H,9,13-19,21-22H2,1-8H3,(H,42,43,51,52)/t23-,28-,29+/m0/s1. The van der Waals surface area contributed by atoms with Gasteiger partial charge in [0.25, 0.3) is 0 Å². The number of piperidine rings is 1. The van der Waals surface area contributed by atoms with Gasteiger partial charge in [0.05, 0.1) is 12.0 Å². The molecule has 0 aliphatic carbocycles. The first-order valence-corrected chi connectivity index (χ1v) is 20.4. The summed E-state index contributed by atoms with van der Waals surface area (Å²) in [4.78, 5) is 72.2. The van der Waals surface area contributed by atoms with Crippen LogP contribution in [0.3, 0.4) is 0 Å². The molecule has 1 aromatic rings. The average molecular weight is 843 g/mol. The third-order valence-corrected chi connectivity index (χ3v) is 10.9. The van der Waals surface area contributed by atoms with Crippen molar-refractivity contribution < 1.29 is 59.8 Å². The second-order valence-electron chi connectivity index (χ2n) is 16.6. The smallest absolute Gasteiger partial charge is 0.467 e. The first-order valence-electron chi connectivity index (χ1n) is 18.9. The summed E-state index contributed by atoms with van der Waals surface area (Å²) in [5.74, 6) is -3.59. The van der Waals surface area contributed by atoms with Crippen LogP contribution in [0.25, 0.3) is 0 Å². The van der Waals surface area contributed by atoms with Gasteiger partial charge >= 0.3 is 30.2 Å². The van der Waals surface area contributed by atoms with Gasteiger partial charge < -0.3 is 28.9 Å². The number of halogens is 3. The van der Waals surface area contributed by atoms with Crippen LogP contribution < -0.4 is 10.0 Å². The number of carbonyl (C=O) groups is 5. The summed E-state index contributed by atoms with van der Waals surface area (Å²) < 4.78 is 86.1. The maximum atomic E-state index is 14.5. The number of nitrogens with zero attached hydrogens (tertiary/aromatic N) is 4. The van der Waals surface area contributed by atoms with E-state index in [1.54, 1.807) is 47.6 Å². The van der Waals surface area contributed by atoms with Crippen molar-refractivity contribution in [2.24, 2.45) is 10.9 Å². The minimum atomic E-state index is -5.11. The molecule has 1 saturated heterocycles. The van der Waals surface area contributed by atoms with Crippen LogP contribution in [0.15, 0.2) is 39.7 Å². The third kappa shape index (κ3) is 12.6. The molecule has 0 unspecified atom stereocenters. The van der Waals surface area contributed by atoms with E-state index in [0.29, 0.717) is 28.9 Å². The number of alkyl halides is 3. The molecule has 3 heterocycles. The lowest BCUT2D eigenvalue weighted by atomic mass is 9.91. The molecule has 0 bridgehead atoms. The van der Waals surface area contributed by atoms with Gasteiger partial charge in [-0.25, -0.2) is 22.8 Å². The van der Waals surface area contributed by atoms with Crippen LogP contribution >= 0.6 is 0 Å². The number of likely N-dealkylation sites (tertiary alicyclic amines) is 1. The number of ether oxygens (including phenoxy) is 3. The lowest BCUT2D eigenvalue weighted by Gasteiger charge is -2.39. The number of benzene rings is 1. The topological polar surface area (TPSA) is 193 Å². The van der Waals surface area contributed by atoms with Gasteiger partial charge in [-0.2, -0.15) is 17.9 Å². The molecule has 0 aromatic heterocycles. The van der Waals surface area contributed by atoms with Gasteiger partial charge in [0.2, 0.25) is 21.9 Å². The van der Waals surface area contributed by atoms with Crippen LogP contribution in [0.2, 0.25) is 0 Å². The zero-order chi connectivity index (χ0) is 43.4. The monoisotopic (exact) mass is 842 g/mol. The highest BCUT2D eigenvalue weighted by Gasteiger charge is 2.44. The normalized spacial score (nSPS) is 20.0. The Labute approximate surface area is 336 Å². The Morgan fingerprint density at radius 3 is 2.22 bits per heavy atom. The number of fused-ring (bicyclic) bond motifs is 1. The summed E-state index contributed by atoms with van der Waals surface area (Å²) in [6.45, 7) is 11.4. The molecule has 0 radical (unpaired) electrons. The summed E-state index contributed by atoms with van der Waals surface area (Å²) in [6, 6.07) is 1.39. The van der Waals surface area contributed by atoms with Gasteiger partial charge in [-0.15, -0.1) is 4.99 Å². The second kappa shape index (κ2) is 18.0. The Morgan fingerprint density at radius 1 is 0.931 bits per heavy atom. The number of rotatable bonds is 7. The minimum absolute atomic E-state index is 0.0394. The van der Waals surface area contributed by atoms with Crippen LogP contribution in [0, 0.1) is 5.92 Å². The lowest BCUT2D eigenvalue weighted by Crippen LogP contribution is -2.57. The van der Waals surface area contributed by atoms with E-state index >= 15 is 0 Å². The number of sulfonamides is 1. The first-order chi connectivity index (χ1) is 26.8. The van der Waals surface area contributed by atoms with Crippen molar-refractivity contribution in [2.45, 2.75) is 121 Å². The number of hydrogen-bond acceptors (Lipinski definition) is 10. The molecule has 4 amide bonds. The molecule has 0 saturated carbocycles. The number of amides is 4. The van der Waals surface area contributed by atoms with Crippen molar-refractivity contribution in [3.63, 3.8) is 0 Å². The van der Waals surface area contributed by atoms with Crippen molar-refractivity contribution in [2.75, 3.05) is 33.3 Å². The summed E-state index contributed by atoms with van der Waals surface area (Å²) >= 11 is 0. The Balaban J connectivity index is 1.68. The number of aliphatic imine (C=N–C) groups is 1. The number of esters is 1. The van der Waals surface area contributed by atoms with E-state index in [9.17, 15) is 45.6 Å². The van der Waals surface area contributed by atoms with E-state index in [1.807, 2.05) is 6.92 Å². The Kier molecular flexibility index (Phi) is 14.3. The van der Waals surface area contributed by atoms with Crippen LogP contribution in [0.1, 0.15) is 85.3 Å². The molecule has 322 valence electrons. The van der Waals surface area contributed by atoms with Crippen molar-refractivity contribution in [1.29, 1.82) is 0 Å². The van der Waals surface area contributed by atoms with Gasteiger partial charge in [0.1, 0.15) is 23.3 Å². The third-order valence-electron chi connectivity index (χ3n) is 9.44. The summed E-state index contributed by atoms with van der Waals surface area (Å²) in [5, 5.41) is 2.50. The number of alkyl carbamates (subject to hydrolysis) is 1. The van der Waals surface area contributed by atoms with E-state index in [4.69, 9.17) is 14.2 Å². The highest BCUT2D eigenvalue weighted by atomic mass is 32.2. The van der Waals surface area contributed by atoms with Crippen LogP contribution in [0.5, 0.6) is 0 Å². The van der Waals surface area contributed by atoms with E-state index in [1.165, 1.54) is 35.1 Å². The lowest BCUT2D eigenvalue weighted by molar-refractivity contribution is -0.186. The van der Waals surface area contributed by atoms with Crippen LogP contribution in [0.4, 0.5) is 22.8 Å². The molecular formula is C38H53F3N6O10S. The largest absolute Gasteiger partial charge is 0.471 e. The Morgan fingerprint density at radius 2 is 1.60 bits per heavy atom. The van der Waals surface area contributed by atoms with Crippen molar-refractivity contribution in [1.82, 2.24) is 24.7 Å². The number of nitrogens with one attached hydrogen (secondary N) is 2. The molecule has 3 atom stereocenters. The summed E-state index contributed by atoms with van der Waals surface area (Å²) in [5.41, 5.74) is -0.545. The van der Waals surface area contributed by atoms with Crippen LogP contribution in [-0.2, 0) is 51.6 Å². The highest BCUT2D eigenvalue weighted by molar-refractivity contribution is 7.89. The van der Waals surface area contributed by atoms with E-state index in [-0.39, 0.29) is 67.8 Å². The minimum Gasteiger partial charge on any atom is -0.467 e. The Hall–Kier alpha value is -4.72. The van der Waals surface area contributed by atoms with E-state index in [2.05, 4.69) is 15.0 Å². The summed E-state index contributed by atoms with van der Waals surface area (Å²) in [7, 11) is -3.40. The first kappa shape index (κ1) is 46.0. The molecular weight excluding hydrogens is 790 g/mol. The van der Waals surface area contributed by atoms with Crippen molar-refractivity contribution >= 4 is 46.0 Å². The molecule has 4 rings (SSSR count). The number of hydrogen-bond donors (Lipinski definition) is 2. The maximum Gasteiger partial charge on any atom is 0.471 e. The zero-order valence-corrected chi connectivity index (χ0v) is 34.8. The summed E-state index contributed by atoms with van der Waals surface area (Å²) in [6.07, 6.45) is -4.29. The maximum absolute atomic E-state index is 14.5. The molecule has 3 aliphatic rings. The fourth-order valence-electron chi connectivity index (χ4n) is 6.80. The number of carbonyl (C=O) groups excluding carboxylic acids is 5. The predicted octanol–water partition coefficient (Wildman–Crippen LogP) is 4.42. The fourth-order valence-corrected chi connectivity index (χ4v) is 8.04. The molecule has 2 N–H and O–H groups in total. The molecule has 0 spiro atoms. The van der Waals surface area contributed by atoms with Crippen molar-refractivity contribution in [3.8, 4) is 0 Å². The number of methoxy groups -OCH3 is 1. The molecule has 20 heteroatoms. The highest BCUT2D eigenvalue weighted by Crippen LogP contribution is 2.29. The van der Waals surface area contributed by atoms with Gasteiger partial charge in [0.15, 0.2) is 0 Å². The average Bonchev–Trinajstić information content (AvgIpc) is 3.11. The quantitative estimate of drug-likeness (QED) is 0.130. The number of guanidine groups is 1. The molecule has 58 heavy (non-hydrogen) atoms. The molecule has 3 aliphatic heterocycles. The van der Waals surface area contributed by atoms with Crippen molar-refractivity contribution in [3.05, 3.63) is 41.0 Å². The second-order valence-corrected chi connectivity index (χ2v) is 18.3. The van der Waals surface area contributed by atoms with Gasteiger partial charge in [0, 0.05) is 32.7 Å². The van der Waals surface area contributed by atoms with Gasteiger partial charge in [-0.3, -0.25) is 14.9 Å².